The summed E-state index contributed by atoms with van der Waals surface area (Å²) in [5.74, 6) is 0.787. The third-order valence-electron chi connectivity index (χ3n) is 4.31. The predicted octanol–water partition coefficient (Wildman–Crippen LogP) is 4.14. The molecule has 0 spiro atoms. The summed E-state index contributed by atoms with van der Waals surface area (Å²) in [6, 6.07) is 0.568. The van der Waals surface area contributed by atoms with Crippen LogP contribution < -0.4 is 5.32 Å². The van der Waals surface area contributed by atoms with Crippen LogP contribution in [0.4, 0.5) is 0 Å². The normalized spacial score (nSPS) is 20.8. The second-order valence-electron chi connectivity index (χ2n) is 5.80. The van der Waals surface area contributed by atoms with Crippen LogP contribution in [0.2, 0.25) is 0 Å². The Kier molecular flexibility index (Phi) is 8.70. The molecule has 18 heavy (non-hydrogen) atoms. The summed E-state index contributed by atoms with van der Waals surface area (Å²) >= 11 is 0. The van der Waals surface area contributed by atoms with Gasteiger partial charge in [0.25, 0.3) is 0 Å². The zero-order valence-electron chi connectivity index (χ0n) is 12.7. The largest absolute Gasteiger partial charge is 0.380 e. The zero-order valence-corrected chi connectivity index (χ0v) is 12.7. The highest BCUT2D eigenvalue weighted by Gasteiger charge is 2.29. The van der Waals surface area contributed by atoms with Crippen molar-refractivity contribution in [2.24, 2.45) is 5.92 Å². The Balaban J connectivity index is 2.52. The zero-order chi connectivity index (χ0) is 13.2. The maximum Gasteiger partial charge on any atom is 0.0752 e. The average molecular weight is 255 g/mol. The molecule has 1 N–H and O–H groups in total. The van der Waals surface area contributed by atoms with Crippen molar-refractivity contribution in [3.63, 3.8) is 0 Å². The van der Waals surface area contributed by atoms with Gasteiger partial charge in [0.2, 0.25) is 0 Å². The van der Waals surface area contributed by atoms with Crippen LogP contribution in [0.3, 0.4) is 0 Å². The quantitative estimate of drug-likeness (QED) is 0.668. The Hall–Kier alpha value is -0.0800. The van der Waals surface area contributed by atoms with Gasteiger partial charge in [0.1, 0.15) is 0 Å². The molecule has 0 amide bonds. The number of methoxy groups -OCH3 is 1. The van der Waals surface area contributed by atoms with Crippen molar-refractivity contribution in [1.29, 1.82) is 0 Å². The van der Waals surface area contributed by atoms with Crippen molar-refractivity contribution < 1.29 is 4.74 Å². The Labute approximate surface area is 114 Å². The molecule has 0 heterocycles. The van der Waals surface area contributed by atoms with Gasteiger partial charge in [-0.2, -0.15) is 0 Å². The maximum absolute atomic E-state index is 5.88. The Bertz CT molecular complexity index is 182. The molecular formula is C16H33NO. The molecule has 1 saturated carbocycles. The number of rotatable bonds is 9. The van der Waals surface area contributed by atoms with Crippen LogP contribution in [0.1, 0.15) is 71.6 Å². The van der Waals surface area contributed by atoms with E-state index in [0.29, 0.717) is 12.1 Å². The maximum atomic E-state index is 5.88. The van der Waals surface area contributed by atoms with Crippen molar-refractivity contribution >= 4 is 0 Å². The lowest BCUT2D eigenvalue weighted by Crippen LogP contribution is -2.45. The number of nitrogens with one attached hydrogen (secondary N) is 1. The van der Waals surface area contributed by atoms with Gasteiger partial charge in [0.15, 0.2) is 0 Å². The summed E-state index contributed by atoms with van der Waals surface area (Å²) in [6.45, 7) is 5.65. The molecule has 1 fully saturated rings. The molecule has 0 bridgehead atoms. The molecule has 0 radical (unpaired) electrons. The van der Waals surface area contributed by atoms with Gasteiger partial charge in [-0.05, 0) is 38.1 Å². The summed E-state index contributed by atoms with van der Waals surface area (Å²) in [5, 5.41) is 3.73. The lowest BCUT2D eigenvalue weighted by molar-refractivity contribution is 0.00564. The summed E-state index contributed by atoms with van der Waals surface area (Å²) in [7, 11) is 1.91. The van der Waals surface area contributed by atoms with E-state index in [1.807, 2.05) is 7.11 Å². The minimum absolute atomic E-state index is 0.434. The molecule has 0 aromatic rings. The minimum atomic E-state index is 0.434. The van der Waals surface area contributed by atoms with Gasteiger partial charge in [0.05, 0.1) is 6.10 Å². The minimum Gasteiger partial charge on any atom is -0.380 e. The van der Waals surface area contributed by atoms with E-state index in [1.54, 1.807) is 0 Å². The van der Waals surface area contributed by atoms with Gasteiger partial charge in [-0.15, -0.1) is 0 Å². The average Bonchev–Trinajstić information content (AvgIpc) is 2.43. The summed E-state index contributed by atoms with van der Waals surface area (Å²) in [4.78, 5) is 0. The highest BCUT2D eigenvalue weighted by Crippen LogP contribution is 2.30. The molecule has 1 aliphatic rings. The smallest absolute Gasteiger partial charge is 0.0752 e. The molecule has 1 rings (SSSR count). The molecule has 0 aromatic carbocycles. The van der Waals surface area contributed by atoms with Gasteiger partial charge >= 0.3 is 0 Å². The molecule has 2 unspecified atom stereocenters. The number of ether oxygens (including phenoxy) is 1. The Morgan fingerprint density at radius 3 is 2.39 bits per heavy atom. The topological polar surface area (TPSA) is 21.3 Å². The van der Waals surface area contributed by atoms with E-state index in [2.05, 4.69) is 19.2 Å². The second-order valence-corrected chi connectivity index (χ2v) is 5.80. The molecule has 0 aliphatic heterocycles. The first-order valence-corrected chi connectivity index (χ1v) is 8.09. The highest BCUT2D eigenvalue weighted by molar-refractivity contribution is 4.84. The van der Waals surface area contributed by atoms with Gasteiger partial charge in [-0.3, -0.25) is 0 Å². The molecule has 2 atom stereocenters. The molecule has 108 valence electrons. The van der Waals surface area contributed by atoms with Crippen molar-refractivity contribution in [2.75, 3.05) is 13.7 Å². The van der Waals surface area contributed by atoms with Crippen LogP contribution in [0.25, 0.3) is 0 Å². The van der Waals surface area contributed by atoms with Crippen LogP contribution in [0.5, 0.6) is 0 Å². The van der Waals surface area contributed by atoms with Crippen molar-refractivity contribution in [3.8, 4) is 0 Å². The first-order chi connectivity index (χ1) is 8.83. The monoisotopic (exact) mass is 255 g/mol. The predicted molar refractivity (Wildman–Crippen MR) is 79.0 cm³/mol. The van der Waals surface area contributed by atoms with Crippen LogP contribution in [0.15, 0.2) is 0 Å². The third-order valence-corrected chi connectivity index (χ3v) is 4.31. The highest BCUT2D eigenvalue weighted by atomic mass is 16.5. The van der Waals surface area contributed by atoms with E-state index >= 15 is 0 Å². The van der Waals surface area contributed by atoms with E-state index in [9.17, 15) is 0 Å². The molecule has 2 nitrogen and oxygen atoms in total. The summed E-state index contributed by atoms with van der Waals surface area (Å²) in [5.41, 5.74) is 0. The third kappa shape index (κ3) is 5.27. The summed E-state index contributed by atoms with van der Waals surface area (Å²) in [6.07, 6.45) is 12.5. The van der Waals surface area contributed by atoms with Gasteiger partial charge in [0, 0.05) is 13.2 Å². The number of hydrogen-bond donors (Lipinski definition) is 1. The molecular weight excluding hydrogens is 222 g/mol. The van der Waals surface area contributed by atoms with Gasteiger partial charge in [-0.1, -0.05) is 46.0 Å². The Morgan fingerprint density at radius 2 is 1.83 bits per heavy atom. The van der Waals surface area contributed by atoms with E-state index in [1.165, 1.54) is 57.8 Å². The van der Waals surface area contributed by atoms with E-state index < -0.39 is 0 Å². The molecule has 0 aromatic heterocycles. The standard InChI is InChI=1S/C16H33NO/c1-4-6-12-15(17-13-5-2)16(18-3)14-10-8-7-9-11-14/h14-17H,4-13H2,1-3H3. The van der Waals surface area contributed by atoms with Crippen LogP contribution in [-0.2, 0) is 4.74 Å². The van der Waals surface area contributed by atoms with Crippen molar-refractivity contribution in [3.05, 3.63) is 0 Å². The van der Waals surface area contributed by atoms with E-state index in [0.717, 1.165) is 12.5 Å². The van der Waals surface area contributed by atoms with Crippen LogP contribution in [0, 0.1) is 5.92 Å². The van der Waals surface area contributed by atoms with Crippen LogP contribution >= 0.6 is 0 Å². The van der Waals surface area contributed by atoms with Crippen molar-refractivity contribution in [1.82, 2.24) is 5.32 Å². The molecule has 0 saturated heterocycles. The Morgan fingerprint density at radius 1 is 1.11 bits per heavy atom. The fourth-order valence-electron chi connectivity index (χ4n) is 3.28. The number of hydrogen-bond acceptors (Lipinski definition) is 2. The SMILES string of the molecule is CCCCC(NCCC)C(OC)C1CCCCC1. The van der Waals surface area contributed by atoms with E-state index in [4.69, 9.17) is 4.74 Å². The molecule has 1 aliphatic carbocycles. The first kappa shape index (κ1) is 16.0. The fourth-order valence-corrected chi connectivity index (χ4v) is 3.28. The van der Waals surface area contributed by atoms with E-state index in [-0.39, 0.29) is 0 Å². The van der Waals surface area contributed by atoms with Crippen molar-refractivity contribution in [2.45, 2.75) is 83.8 Å². The lowest BCUT2D eigenvalue weighted by Gasteiger charge is -2.35. The molecule has 2 heteroatoms. The van der Waals surface area contributed by atoms with Crippen LogP contribution in [-0.4, -0.2) is 25.8 Å². The van der Waals surface area contributed by atoms with Gasteiger partial charge < -0.3 is 10.1 Å². The summed E-state index contributed by atoms with van der Waals surface area (Å²) < 4.78 is 5.88. The second kappa shape index (κ2) is 9.80. The number of unbranched alkanes of at least 4 members (excludes halogenated alkanes) is 1. The lowest BCUT2D eigenvalue weighted by atomic mass is 9.81. The first-order valence-electron chi connectivity index (χ1n) is 8.09. The fraction of sp³-hybridized carbons (Fsp3) is 1.00. The van der Waals surface area contributed by atoms with Gasteiger partial charge in [-0.25, -0.2) is 0 Å².